The van der Waals surface area contributed by atoms with Gasteiger partial charge in [-0.15, -0.1) is 0 Å². The molecule has 0 fully saturated rings. The minimum absolute atomic E-state index is 0.903. The van der Waals surface area contributed by atoms with Crippen LogP contribution in [0.5, 0.6) is 0 Å². The van der Waals surface area contributed by atoms with Gasteiger partial charge >= 0.3 is 0 Å². The maximum Gasteiger partial charge on any atom is 0.130 e. The first-order chi connectivity index (χ1) is 7.33. The lowest BCUT2D eigenvalue weighted by Crippen LogP contribution is -2.01. The highest BCUT2D eigenvalue weighted by molar-refractivity contribution is 6.30. The van der Waals surface area contributed by atoms with E-state index in [0.29, 0.717) is 0 Å². The summed E-state index contributed by atoms with van der Waals surface area (Å²) in [5.41, 5.74) is 2.58. The molecule has 0 saturated carbocycles. The molecule has 2 rings (SSSR count). The zero-order chi connectivity index (χ0) is 10.7. The predicted octanol–water partition coefficient (Wildman–Crippen LogP) is 3.61. The Balaban J connectivity index is 2.19. The second kappa shape index (κ2) is 5.02. The van der Waals surface area contributed by atoms with E-state index in [1.54, 1.807) is 0 Å². The molecule has 0 spiro atoms. The topological polar surface area (TPSA) is 17.8 Å². The molecule has 2 nitrogen and oxygen atoms in total. The molecule has 1 aromatic rings. The van der Waals surface area contributed by atoms with Crippen LogP contribution in [0.25, 0.3) is 0 Å². The van der Waals surface area contributed by atoms with Crippen LogP contribution in [0.15, 0.2) is 0 Å². The minimum atomic E-state index is 0.903. The van der Waals surface area contributed by atoms with Crippen molar-refractivity contribution in [2.24, 2.45) is 0 Å². The third kappa shape index (κ3) is 2.36. The van der Waals surface area contributed by atoms with E-state index < -0.39 is 0 Å². The van der Waals surface area contributed by atoms with E-state index in [-0.39, 0.29) is 0 Å². The molecule has 1 aromatic heterocycles. The average molecular weight is 227 g/mol. The highest BCUT2D eigenvalue weighted by Gasteiger charge is 2.17. The number of nitrogens with zero attached hydrogens (tertiary/aromatic N) is 2. The van der Waals surface area contributed by atoms with Gasteiger partial charge in [0, 0.05) is 12.1 Å². The Kier molecular flexibility index (Phi) is 3.68. The first-order valence-corrected chi connectivity index (χ1v) is 6.44. The van der Waals surface area contributed by atoms with Crippen molar-refractivity contribution in [2.75, 3.05) is 0 Å². The quantitative estimate of drug-likeness (QED) is 0.720. The average Bonchev–Trinajstić information content (AvgIpc) is 2.44. The summed E-state index contributed by atoms with van der Waals surface area (Å²) >= 11 is 6.35. The van der Waals surface area contributed by atoms with Crippen molar-refractivity contribution in [3.63, 3.8) is 0 Å². The first kappa shape index (κ1) is 11.0. The Labute approximate surface area is 96.6 Å². The van der Waals surface area contributed by atoms with Crippen LogP contribution >= 0.6 is 11.6 Å². The van der Waals surface area contributed by atoms with E-state index in [1.807, 2.05) is 4.68 Å². The normalized spacial score (nSPS) is 16.1. The van der Waals surface area contributed by atoms with Crippen LogP contribution in [-0.4, -0.2) is 9.78 Å². The van der Waals surface area contributed by atoms with Crippen LogP contribution in [0.3, 0.4) is 0 Å². The van der Waals surface area contributed by atoms with Crippen LogP contribution in [0.4, 0.5) is 0 Å². The van der Waals surface area contributed by atoms with Gasteiger partial charge in [-0.05, 0) is 32.1 Å². The van der Waals surface area contributed by atoms with Crippen molar-refractivity contribution < 1.29 is 0 Å². The molecule has 0 amide bonds. The van der Waals surface area contributed by atoms with Crippen LogP contribution in [-0.2, 0) is 19.4 Å². The molecule has 0 saturated heterocycles. The van der Waals surface area contributed by atoms with E-state index in [4.69, 9.17) is 11.6 Å². The van der Waals surface area contributed by atoms with Crippen LogP contribution in [0.2, 0.25) is 5.15 Å². The molecule has 0 radical (unpaired) electrons. The molecule has 0 bridgehead atoms. The Bertz CT molecular complexity index is 331. The van der Waals surface area contributed by atoms with Gasteiger partial charge in [0.25, 0.3) is 0 Å². The summed E-state index contributed by atoms with van der Waals surface area (Å²) in [6.07, 6.45) is 8.47. The Morgan fingerprint density at radius 3 is 2.87 bits per heavy atom. The summed E-state index contributed by atoms with van der Waals surface area (Å²) < 4.78 is 2.00. The monoisotopic (exact) mass is 226 g/mol. The second-order valence-electron chi connectivity index (χ2n) is 4.35. The summed E-state index contributed by atoms with van der Waals surface area (Å²) in [5, 5.41) is 5.54. The maximum absolute atomic E-state index is 6.35. The molecular formula is C12H19ClN2. The lowest BCUT2D eigenvalue weighted by Gasteiger charge is -2.02. The number of aryl methyl sites for hydroxylation is 2. The van der Waals surface area contributed by atoms with E-state index >= 15 is 0 Å². The van der Waals surface area contributed by atoms with Crippen molar-refractivity contribution in [3.05, 3.63) is 16.4 Å². The zero-order valence-corrected chi connectivity index (χ0v) is 10.2. The van der Waals surface area contributed by atoms with Gasteiger partial charge in [-0.25, -0.2) is 0 Å². The molecule has 0 aliphatic heterocycles. The zero-order valence-electron chi connectivity index (χ0n) is 9.43. The molecule has 0 N–H and O–H groups in total. The Hall–Kier alpha value is -0.500. The van der Waals surface area contributed by atoms with E-state index in [0.717, 1.165) is 24.5 Å². The molecule has 0 atom stereocenters. The Morgan fingerprint density at radius 1 is 1.27 bits per heavy atom. The van der Waals surface area contributed by atoms with Gasteiger partial charge in [0.15, 0.2) is 0 Å². The van der Waals surface area contributed by atoms with Crippen LogP contribution in [0, 0.1) is 0 Å². The maximum atomic E-state index is 6.35. The fourth-order valence-electron chi connectivity index (χ4n) is 2.20. The second-order valence-corrected chi connectivity index (χ2v) is 4.71. The first-order valence-electron chi connectivity index (χ1n) is 6.07. The highest BCUT2D eigenvalue weighted by atomic mass is 35.5. The molecule has 1 aliphatic carbocycles. The van der Waals surface area contributed by atoms with Crippen LogP contribution < -0.4 is 0 Å². The standard InChI is InChI=1S/C12H19ClN2/c1-2-3-9-15-12(13)10-7-5-4-6-8-11(10)14-15/h2-9H2,1H3. The fraction of sp³-hybridized carbons (Fsp3) is 0.750. The summed E-state index contributed by atoms with van der Waals surface area (Å²) in [7, 11) is 0. The van der Waals surface area contributed by atoms with Gasteiger partial charge in [-0.3, -0.25) is 4.68 Å². The third-order valence-electron chi connectivity index (χ3n) is 3.13. The fourth-order valence-corrected chi connectivity index (χ4v) is 2.53. The number of rotatable bonds is 3. The number of aromatic nitrogens is 2. The van der Waals surface area contributed by atoms with E-state index in [1.165, 1.54) is 43.4 Å². The van der Waals surface area contributed by atoms with Gasteiger partial charge in [0.05, 0.1) is 5.69 Å². The molecule has 0 aromatic carbocycles. The predicted molar refractivity (Wildman–Crippen MR) is 63.4 cm³/mol. The smallest absolute Gasteiger partial charge is 0.130 e. The largest absolute Gasteiger partial charge is 0.253 e. The SMILES string of the molecule is CCCCn1nc2c(c1Cl)CCCCC2. The van der Waals surface area contributed by atoms with Crippen molar-refractivity contribution in [1.82, 2.24) is 9.78 Å². The van der Waals surface area contributed by atoms with Gasteiger partial charge in [-0.2, -0.15) is 5.10 Å². The van der Waals surface area contributed by atoms with Gasteiger partial charge in [-0.1, -0.05) is 31.4 Å². The summed E-state index contributed by atoms with van der Waals surface area (Å²) in [5.74, 6) is 0. The Morgan fingerprint density at radius 2 is 2.07 bits per heavy atom. The van der Waals surface area contributed by atoms with Gasteiger partial charge in [0.1, 0.15) is 5.15 Å². The van der Waals surface area contributed by atoms with Crippen molar-refractivity contribution in [3.8, 4) is 0 Å². The summed E-state index contributed by atoms with van der Waals surface area (Å²) in [6.45, 7) is 3.17. The van der Waals surface area contributed by atoms with Gasteiger partial charge in [0.2, 0.25) is 0 Å². The van der Waals surface area contributed by atoms with Crippen molar-refractivity contribution >= 4 is 11.6 Å². The third-order valence-corrected chi connectivity index (χ3v) is 3.55. The number of unbranched alkanes of at least 4 members (excludes halogenated alkanes) is 1. The number of fused-ring (bicyclic) bond motifs is 1. The highest BCUT2D eigenvalue weighted by Crippen LogP contribution is 2.27. The summed E-state index contributed by atoms with van der Waals surface area (Å²) in [4.78, 5) is 0. The minimum Gasteiger partial charge on any atom is -0.253 e. The molecule has 3 heteroatoms. The molecule has 1 heterocycles. The lowest BCUT2D eigenvalue weighted by molar-refractivity contribution is 0.561. The van der Waals surface area contributed by atoms with Gasteiger partial charge < -0.3 is 0 Å². The van der Waals surface area contributed by atoms with Crippen molar-refractivity contribution in [2.45, 2.75) is 58.4 Å². The van der Waals surface area contributed by atoms with Crippen LogP contribution in [0.1, 0.15) is 50.3 Å². The molecular weight excluding hydrogens is 208 g/mol. The lowest BCUT2D eigenvalue weighted by atomic mass is 10.1. The van der Waals surface area contributed by atoms with Crippen molar-refractivity contribution in [1.29, 1.82) is 0 Å². The summed E-state index contributed by atoms with van der Waals surface area (Å²) in [6, 6.07) is 0. The number of hydrogen-bond donors (Lipinski definition) is 0. The molecule has 1 aliphatic rings. The molecule has 15 heavy (non-hydrogen) atoms. The molecule has 0 unspecified atom stereocenters. The number of hydrogen-bond acceptors (Lipinski definition) is 1. The van der Waals surface area contributed by atoms with E-state index in [2.05, 4.69) is 12.0 Å². The molecule has 84 valence electrons. The van der Waals surface area contributed by atoms with E-state index in [9.17, 15) is 0 Å². The number of halogens is 1.